The summed E-state index contributed by atoms with van der Waals surface area (Å²) >= 11 is 1.17. The molecule has 0 saturated carbocycles. The van der Waals surface area contributed by atoms with Crippen LogP contribution in [0.5, 0.6) is 0 Å². The van der Waals surface area contributed by atoms with Crippen molar-refractivity contribution in [2.24, 2.45) is 5.92 Å². The first-order valence-electron chi connectivity index (χ1n) is 5.76. The van der Waals surface area contributed by atoms with Crippen molar-refractivity contribution in [3.63, 3.8) is 0 Å². The van der Waals surface area contributed by atoms with Gasteiger partial charge in [0.2, 0.25) is 5.89 Å². The fourth-order valence-corrected chi connectivity index (χ4v) is 3.90. The van der Waals surface area contributed by atoms with Crippen molar-refractivity contribution in [1.82, 2.24) is 14.9 Å². The molecule has 0 aliphatic rings. The van der Waals surface area contributed by atoms with Crippen LogP contribution in [0.15, 0.2) is 26.2 Å². The van der Waals surface area contributed by atoms with E-state index in [4.69, 9.17) is 4.52 Å². The summed E-state index contributed by atoms with van der Waals surface area (Å²) in [7, 11) is -3.56. The molecule has 19 heavy (non-hydrogen) atoms. The maximum Gasteiger partial charge on any atom is 0.250 e. The molecule has 0 saturated heterocycles. The van der Waals surface area contributed by atoms with E-state index in [1.807, 2.05) is 13.8 Å². The first-order chi connectivity index (χ1) is 8.90. The molecule has 6 nitrogen and oxygen atoms in total. The molecule has 1 N–H and O–H groups in total. The fraction of sp³-hybridized carbons (Fsp3) is 0.455. The van der Waals surface area contributed by atoms with Gasteiger partial charge in [-0.05, 0) is 24.3 Å². The van der Waals surface area contributed by atoms with E-state index in [0.29, 0.717) is 5.82 Å². The minimum atomic E-state index is -3.56. The number of hydrogen-bond donors (Lipinski definition) is 1. The molecule has 2 rings (SSSR count). The summed E-state index contributed by atoms with van der Waals surface area (Å²) in [6, 6.07) is 2.72. The standard InChI is InChI=1S/C11H15N3O3S2/c1-7(2)10(11-12-8(3)13-17-11)14-19(15,16)9-5-4-6-18-9/h4-7,10,14H,1-3H3. The summed E-state index contributed by atoms with van der Waals surface area (Å²) in [5.41, 5.74) is 0. The minimum absolute atomic E-state index is 0.00501. The van der Waals surface area contributed by atoms with Crippen molar-refractivity contribution in [2.45, 2.75) is 31.0 Å². The largest absolute Gasteiger partial charge is 0.338 e. The highest BCUT2D eigenvalue weighted by Crippen LogP contribution is 2.24. The third-order valence-electron chi connectivity index (χ3n) is 2.52. The number of aromatic nitrogens is 2. The Morgan fingerprint density at radius 1 is 1.42 bits per heavy atom. The quantitative estimate of drug-likeness (QED) is 0.914. The average molecular weight is 301 g/mol. The van der Waals surface area contributed by atoms with Crippen LogP contribution in [0.2, 0.25) is 0 Å². The lowest BCUT2D eigenvalue weighted by Crippen LogP contribution is -2.31. The second-order valence-electron chi connectivity index (χ2n) is 4.45. The van der Waals surface area contributed by atoms with Gasteiger partial charge in [-0.3, -0.25) is 0 Å². The van der Waals surface area contributed by atoms with Crippen molar-refractivity contribution >= 4 is 21.4 Å². The molecule has 1 unspecified atom stereocenters. The molecule has 0 spiro atoms. The Kier molecular flexibility index (Phi) is 4.02. The van der Waals surface area contributed by atoms with Crippen LogP contribution in [0.25, 0.3) is 0 Å². The predicted octanol–water partition coefficient (Wildman–Crippen LogP) is 2.12. The molecule has 0 bridgehead atoms. The average Bonchev–Trinajstić information content (AvgIpc) is 2.96. The van der Waals surface area contributed by atoms with Crippen molar-refractivity contribution < 1.29 is 12.9 Å². The van der Waals surface area contributed by atoms with Gasteiger partial charge in [0.05, 0.1) is 0 Å². The third-order valence-corrected chi connectivity index (χ3v) is 5.36. The molecule has 8 heteroatoms. The Hall–Kier alpha value is -1.25. The lowest BCUT2D eigenvalue weighted by Gasteiger charge is -2.17. The first-order valence-corrected chi connectivity index (χ1v) is 8.12. The van der Waals surface area contributed by atoms with E-state index in [-0.39, 0.29) is 16.0 Å². The smallest absolute Gasteiger partial charge is 0.250 e. The highest BCUT2D eigenvalue weighted by atomic mass is 32.2. The van der Waals surface area contributed by atoms with E-state index >= 15 is 0 Å². The van der Waals surface area contributed by atoms with E-state index in [1.165, 1.54) is 11.3 Å². The van der Waals surface area contributed by atoms with Crippen LogP contribution in [0.3, 0.4) is 0 Å². The van der Waals surface area contributed by atoms with Gasteiger partial charge in [0.1, 0.15) is 10.3 Å². The second kappa shape index (κ2) is 5.40. The molecule has 104 valence electrons. The zero-order valence-corrected chi connectivity index (χ0v) is 12.5. The molecular formula is C11H15N3O3S2. The highest BCUT2D eigenvalue weighted by molar-refractivity contribution is 7.91. The molecule has 0 aliphatic carbocycles. The summed E-state index contributed by atoms with van der Waals surface area (Å²) in [4.78, 5) is 4.10. The summed E-state index contributed by atoms with van der Waals surface area (Å²) in [5, 5.41) is 5.41. The minimum Gasteiger partial charge on any atom is -0.338 e. The van der Waals surface area contributed by atoms with Crippen LogP contribution >= 0.6 is 11.3 Å². The maximum absolute atomic E-state index is 12.2. The van der Waals surface area contributed by atoms with Crippen molar-refractivity contribution in [3.05, 3.63) is 29.2 Å². The van der Waals surface area contributed by atoms with Gasteiger partial charge in [-0.15, -0.1) is 11.3 Å². The number of hydrogen-bond acceptors (Lipinski definition) is 6. The van der Waals surface area contributed by atoms with Gasteiger partial charge in [0, 0.05) is 0 Å². The Bertz CT molecular complexity index is 632. The molecule has 1 atom stereocenters. The van der Waals surface area contributed by atoms with Crippen LogP contribution in [-0.2, 0) is 10.0 Å². The summed E-state index contributed by atoms with van der Waals surface area (Å²) in [6.45, 7) is 5.47. The van der Waals surface area contributed by atoms with Gasteiger partial charge < -0.3 is 4.52 Å². The zero-order valence-electron chi connectivity index (χ0n) is 10.8. The highest BCUT2D eigenvalue weighted by Gasteiger charge is 2.28. The third kappa shape index (κ3) is 3.20. The Morgan fingerprint density at radius 2 is 2.16 bits per heavy atom. The SMILES string of the molecule is Cc1noc(C(NS(=O)(=O)c2cccs2)C(C)C)n1. The van der Waals surface area contributed by atoms with E-state index < -0.39 is 16.1 Å². The lowest BCUT2D eigenvalue weighted by atomic mass is 10.1. The monoisotopic (exact) mass is 301 g/mol. The van der Waals surface area contributed by atoms with Crippen molar-refractivity contribution in [3.8, 4) is 0 Å². The number of rotatable bonds is 5. The Balaban J connectivity index is 2.28. The number of sulfonamides is 1. The maximum atomic E-state index is 12.2. The molecule has 0 amide bonds. The summed E-state index contributed by atoms with van der Waals surface area (Å²) < 4.78 is 32.3. The topological polar surface area (TPSA) is 85.1 Å². The van der Waals surface area contributed by atoms with Crippen LogP contribution in [-0.4, -0.2) is 18.6 Å². The fourth-order valence-electron chi connectivity index (χ4n) is 1.55. The molecule has 2 aromatic rings. The molecule has 0 fully saturated rings. The number of thiophene rings is 1. The van der Waals surface area contributed by atoms with Gasteiger partial charge in [0.25, 0.3) is 10.0 Å². The van der Waals surface area contributed by atoms with E-state index in [9.17, 15) is 8.42 Å². The van der Waals surface area contributed by atoms with E-state index in [1.54, 1.807) is 24.4 Å². The molecule has 0 radical (unpaired) electrons. The Morgan fingerprint density at radius 3 is 2.63 bits per heavy atom. The number of aryl methyl sites for hydroxylation is 1. The van der Waals surface area contributed by atoms with Gasteiger partial charge in [-0.1, -0.05) is 25.1 Å². The second-order valence-corrected chi connectivity index (χ2v) is 7.34. The zero-order chi connectivity index (χ0) is 14.0. The predicted molar refractivity (Wildman–Crippen MR) is 71.3 cm³/mol. The Labute approximate surface area is 115 Å². The van der Waals surface area contributed by atoms with Crippen LogP contribution in [0.4, 0.5) is 0 Å². The van der Waals surface area contributed by atoms with Crippen molar-refractivity contribution in [1.29, 1.82) is 0 Å². The summed E-state index contributed by atoms with van der Waals surface area (Å²) in [6.07, 6.45) is 0. The van der Waals surface area contributed by atoms with Crippen LogP contribution in [0.1, 0.15) is 31.6 Å². The van der Waals surface area contributed by atoms with Gasteiger partial charge >= 0.3 is 0 Å². The van der Waals surface area contributed by atoms with Gasteiger partial charge in [-0.25, -0.2) is 8.42 Å². The molecule has 0 aliphatic heterocycles. The number of nitrogens with zero attached hydrogens (tertiary/aromatic N) is 2. The first kappa shape index (κ1) is 14.2. The van der Waals surface area contributed by atoms with Crippen LogP contribution < -0.4 is 4.72 Å². The van der Waals surface area contributed by atoms with Gasteiger partial charge in [-0.2, -0.15) is 9.71 Å². The van der Waals surface area contributed by atoms with E-state index in [0.717, 1.165) is 0 Å². The molecule has 2 aromatic heterocycles. The van der Waals surface area contributed by atoms with Crippen LogP contribution in [0, 0.1) is 12.8 Å². The molecule has 2 heterocycles. The lowest BCUT2D eigenvalue weighted by molar-refractivity contribution is 0.310. The molecular weight excluding hydrogens is 286 g/mol. The normalized spacial score (nSPS) is 13.9. The number of nitrogens with one attached hydrogen (secondary N) is 1. The van der Waals surface area contributed by atoms with Crippen molar-refractivity contribution in [2.75, 3.05) is 0 Å². The molecule has 0 aromatic carbocycles. The van der Waals surface area contributed by atoms with E-state index in [2.05, 4.69) is 14.9 Å². The summed E-state index contributed by atoms with van der Waals surface area (Å²) in [5.74, 6) is 0.762. The van der Waals surface area contributed by atoms with Gasteiger partial charge in [0.15, 0.2) is 5.82 Å².